The lowest BCUT2D eigenvalue weighted by Crippen LogP contribution is -2.35. The number of carbonyl (C=O) groups is 1. The van der Waals surface area contributed by atoms with Crippen LogP contribution in [0.4, 0.5) is 8.78 Å². The van der Waals surface area contributed by atoms with Gasteiger partial charge in [-0.2, -0.15) is 8.78 Å². The number of benzene rings is 2. The molecule has 94 valence electrons. The molecule has 0 aliphatic carbocycles. The third-order valence-corrected chi connectivity index (χ3v) is 2.75. The summed E-state index contributed by atoms with van der Waals surface area (Å²) >= 11 is 4.62. The van der Waals surface area contributed by atoms with Gasteiger partial charge >= 0.3 is 11.3 Å². The molecule has 5 heteroatoms. The zero-order chi connectivity index (χ0) is 13.2. The van der Waals surface area contributed by atoms with Crippen molar-refractivity contribution in [3.8, 4) is 0 Å². The predicted molar refractivity (Wildman–Crippen MR) is 66.6 cm³/mol. The molecule has 1 N–H and O–H groups in total. The second-order valence-electron chi connectivity index (χ2n) is 3.82. The zero-order valence-electron chi connectivity index (χ0n) is 9.29. The summed E-state index contributed by atoms with van der Waals surface area (Å²) in [6.45, 7) is 0.0164. The van der Waals surface area contributed by atoms with Crippen LogP contribution >= 0.6 is 11.6 Å². The topological polar surface area (TPSA) is 29.1 Å². The molecular formula is C13H10ClF2NO. The minimum absolute atomic E-state index is 0.0164. The Labute approximate surface area is 108 Å². The third-order valence-electron chi connectivity index (χ3n) is 2.58. The molecular weight excluding hydrogens is 260 g/mol. The maximum absolute atomic E-state index is 12.5. The Kier molecular flexibility index (Phi) is 3.48. The van der Waals surface area contributed by atoms with Crippen LogP contribution in [0, 0.1) is 0 Å². The lowest BCUT2D eigenvalue weighted by atomic mass is 10.0. The Hall–Kier alpha value is -1.68. The van der Waals surface area contributed by atoms with Gasteiger partial charge in [-0.1, -0.05) is 42.5 Å². The molecule has 1 amide bonds. The predicted octanol–water partition coefficient (Wildman–Crippen LogP) is 3.29. The fraction of sp³-hybridized carbons (Fsp3) is 0.154. The molecule has 0 bridgehead atoms. The molecule has 18 heavy (non-hydrogen) atoms. The number of fused-ring (bicyclic) bond motifs is 1. The van der Waals surface area contributed by atoms with E-state index in [1.165, 1.54) is 0 Å². The van der Waals surface area contributed by atoms with Crippen LogP contribution in [0.3, 0.4) is 0 Å². The largest absolute Gasteiger partial charge is 0.399 e. The van der Waals surface area contributed by atoms with Crippen LogP contribution in [0.25, 0.3) is 10.8 Å². The molecule has 2 nitrogen and oxygen atoms in total. The van der Waals surface area contributed by atoms with E-state index in [4.69, 9.17) is 0 Å². The summed E-state index contributed by atoms with van der Waals surface area (Å²) in [6, 6.07) is 13.0. The normalized spacial score (nSPS) is 11.5. The van der Waals surface area contributed by atoms with Crippen molar-refractivity contribution in [3.05, 3.63) is 48.0 Å². The molecule has 2 aromatic carbocycles. The molecule has 0 spiro atoms. The van der Waals surface area contributed by atoms with Gasteiger partial charge < -0.3 is 5.32 Å². The Morgan fingerprint density at radius 3 is 2.56 bits per heavy atom. The summed E-state index contributed by atoms with van der Waals surface area (Å²) < 4.78 is 25.0. The Bertz CT molecular complexity index is 575. The molecule has 0 radical (unpaired) electrons. The molecule has 0 heterocycles. The first-order chi connectivity index (χ1) is 8.48. The van der Waals surface area contributed by atoms with Crippen LogP contribution in [-0.4, -0.2) is 11.3 Å². The minimum atomic E-state index is -3.87. The van der Waals surface area contributed by atoms with E-state index in [1.807, 2.05) is 36.4 Å². The second kappa shape index (κ2) is 4.90. The average molecular weight is 270 g/mol. The molecule has 0 saturated heterocycles. The number of alkyl halides is 3. The van der Waals surface area contributed by atoms with Gasteiger partial charge in [-0.25, -0.2) is 0 Å². The quantitative estimate of drug-likeness (QED) is 0.851. The SMILES string of the molecule is O=C(NCc1cccc2ccccc12)C(F)(F)Cl. The highest BCUT2D eigenvalue weighted by atomic mass is 35.5. The van der Waals surface area contributed by atoms with Gasteiger partial charge in [0.1, 0.15) is 0 Å². The van der Waals surface area contributed by atoms with Crippen LogP contribution in [-0.2, 0) is 11.3 Å². The van der Waals surface area contributed by atoms with Crippen molar-refractivity contribution in [2.45, 2.75) is 11.9 Å². The van der Waals surface area contributed by atoms with Crippen LogP contribution in [0.15, 0.2) is 42.5 Å². The van der Waals surface area contributed by atoms with E-state index in [2.05, 4.69) is 16.9 Å². The number of rotatable bonds is 3. The summed E-state index contributed by atoms with van der Waals surface area (Å²) in [7, 11) is 0. The maximum atomic E-state index is 12.5. The molecule has 2 aromatic rings. The smallest absolute Gasteiger partial charge is 0.346 e. The fourth-order valence-electron chi connectivity index (χ4n) is 1.72. The van der Waals surface area contributed by atoms with Gasteiger partial charge in [-0.05, 0) is 27.9 Å². The molecule has 2 rings (SSSR count). The summed E-state index contributed by atoms with van der Waals surface area (Å²) in [5, 5.41) is 0.143. The van der Waals surface area contributed by atoms with Crippen molar-refractivity contribution in [2.75, 3.05) is 0 Å². The highest BCUT2D eigenvalue weighted by Crippen LogP contribution is 2.20. The molecule has 0 unspecified atom stereocenters. The lowest BCUT2D eigenvalue weighted by molar-refractivity contribution is -0.135. The molecule has 0 aliphatic rings. The number of amides is 1. The van der Waals surface area contributed by atoms with E-state index in [-0.39, 0.29) is 6.54 Å². The van der Waals surface area contributed by atoms with Crippen LogP contribution in [0.5, 0.6) is 0 Å². The van der Waals surface area contributed by atoms with Gasteiger partial charge in [0.15, 0.2) is 0 Å². The van der Waals surface area contributed by atoms with Gasteiger partial charge in [-0.15, -0.1) is 0 Å². The molecule has 0 atom stereocenters. The third kappa shape index (κ3) is 2.76. The molecule has 0 aromatic heterocycles. The van der Waals surface area contributed by atoms with Crippen molar-refractivity contribution in [1.29, 1.82) is 0 Å². The first-order valence-electron chi connectivity index (χ1n) is 5.30. The number of hydrogen-bond acceptors (Lipinski definition) is 1. The Morgan fingerprint density at radius 2 is 1.83 bits per heavy atom. The van der Waals surface area contributed by atoms with Gasteiger partial charge in [-0.3, -0.25) is 4.79 Å². The van der Waals surface area contributed by atoms with E-state index in [9.17, 15) is 13.6 Å². The van der Waals surface area contributed by atoms with Crippen molar-refractivity contribution < 1.29 is 13.6 Å². The fourth-order valence-corrected chi connectivity index (χ4v) is 1.79. The van der Waals surface area contributed by atoms with Crippen molar-refractivity contribution in [3.63, 3.8) is 0 Å². The summed E-state index contributed by atoms with van der Waals surface area (Å²) in [4.78, 5) is 11.0. The number of halogens is 3. The number of carbonyl (C=O) groups excluding carboxylic acids is 1. The minimum Gasteiger partial charge on any atom is -0.346 e. The van der Waals surface area contributed by atoms with Gasteiger partial charge in [0.25, 0.3) is 0 Å². The Balaban J connectivity index is 2.20. The monoisotopic (exact) mass is 269 g/mol. The summed E-state index contributed by atoms with van der Waals surface area (Å²) in [5.41, 5.74) is 0.766. The lowest BCUT2D eigenvalue weighted by Gasteiger charge is -2.10. The molecule has 0 saturated carbocycles. The summed E-state index contributed by atoms with van der Waals surface area (Å²) in [6.07, 6.45) is 0. The van der Waals surface area contributed by atoms with Gasteiger partial charge in [0.2, 0.25) is 0 Å². The highest BCUT2D eigenvalue weighted by molar-refractivity contribution is 6.32. The second-order valence-corrected chi connectivity index (χ2v) is 4.29. The van der Waals surface area contributed by atoms with Crippen molar-refractivity contribution in [2.24, 2.45) is 0 Å². The zero-order valence-corrected chi connectivity index (χ0v) is 10.0. The highest BCUT2D eigenvalue weighted by Gasteiger charge is 2.35. The van der Waals surface area contributed by atoms with Crippen molar-refractivity contribution >= 4 is 28.3 Å². The van der Waals surface area contributed by atoms with E-state index < -0.39 is 11.3 Å². The van der Waals surface area contributed by atoms with Crippen molar-refractivity contribution in [1.82, 2.24) is 5.32 Å². The van der Waals surface area contributed by atoms with E-state index in [0.29, 0.717) is 0 Å². The van der Waals surface area contributed by atoms with Crippen LogP contribution in [0.1, 0.15) is 5.56 Å². The van der Waals surface area contributed by atoms with E-state index >= 15 is 0 Å². The van der Waals surface area contributed by atoms with Crippen LogP contribution < -0.4 is 5.32 Å². The molecule has 0 aliphatic heterocycles. The first-order valence-corrected chi connectivity index (χ1v) is 5.68. The summed E-state index contributed by atoms with van der Waals surface area (Å²) in [5.74, 6) is -1.49. The van der Waals surface area contributed by atoms with Gasteiger partial charge in [0.05, 0.1) is 0 Å². The molecule has 0 fully saturated rings. The maximum Gasteiger partial charge on any atom is 0.399 e. The Morgan fingerprint density at radius 1 is 1.17 bits per heavy atom. The average Bonchev–Trinajstić information content (AvgIpc) is 2.34. The van der Waals surface area contributed by atoms with E-state index in [0.717, 1.165) is 16.3 Å². The van der Waals surface area contributed by atoms with Crippen LogP contribution in [0.2, 0.25) is 0 Å². The van der Waals surface area contributed by atoms with E-state index in [1.54, 1.807) is 6.07 Å². The first kappa shape index (κ1) is 12.8. The van der Waals surface area contributed by atoms with Gasteiger partial charge in [0, 0.05) is 6.54 Å². The number of nitrogens with one attached hydrogen (secondary N) is 1. The number of hydrogen-bond donors (Lipinski definition) is 1. The standard InChI is InChI=1S/C13H10ClF2NO/c14-13(15,16)12(18)17-8-10-6-3-5-9-4-1-2-7-11(9)10/h1-7H,8H2,(H,17,18).